The first kappa shape index (κ1) is 16.0. The highest BCUT2D eigenvalue weighted by molar-refractivity contribution is 5.27. The van der Waals surface area contributed by atoms with Crippen LogP contribution in [0, 0.1) is 5.92 Å². The van der Waals surface area contributed by atoms with Gasteiger partial charge in [-0.3, -0.25) is 0 Å². The van der Waals surface area contributed by atoms with Crippen LogP contribution in [0.15, 0.2) is 24.3 Å². The molecule has 1 rings (SSSR count). The molecule has 0 amide bonds. The third kappa shape index (κ3) is 6.60. The fraction of sp³-hybridized carbons (Fsp3) is 0.625. The van der Waals surface area contributed by atoms with Crippen LogP contribution in [-0.2, 0) is 11.2 Å². The minimum Gasteiger partial charge on any atom is -0.497 e. The zero-order valence-corrected chi connectivity index (χ0v) is 12.2. The summed E-state index contributed by atoms with van der Waals surface area (Å²) in [6.45, 7) is 4.58. The van der Waals surface area contributed by atoms with E-state index in [2.05, 4.69) is 19.1 Å². The molecule has 0 aromatic heterocycles. The van der Waals surface area contributed by atoms with Gasteiger partial charge < -0.3 is 15.2 Å². The molecule has 0 aliphatic rings. The molecule has 3 heteroatoms. The lowest BCUT2D eigenvalue weighted by molar-refractivity contribution is 0.118. The minimum atomic E-state index is 0.495. The molecule has 0 aliphatic heterocycles. The number of unbranched alkanes of at least 4 members (excludes halogenated alkanes) is 1. The van der Waals surface area contributed by atoms with Crippen LogP contribution in [0.4, 0.5) is 0 Å². The molecular weight excluding hydrogens is 238 g/mol. The lowest BCUT2D eigenvalue weighted by atomic mass is 9.96. The summed E-state index contributed by atoms with van der Waals surface area (Å²) in [5.41, 5.74) is 7.15. The number of hydrogen-bond donors (Lipinski definition) is 1. The highest BCUT2D eigenvalue weighted by Crippen LogP contribution is 2.16. The van der Waals surface area contributed by atoms with Crippen LogP contribution in [0.25, 0.3) is 0 Å². The van der Waals surface area contributed by atoms with Gasteiger partial charge >= 0.3 is 0 Å². The molecule has 0 radical (unpaired) electrons. The van der Waals surface area contributed by atoms with E-state index in [1.807, 2.05) is 12.1 Å². The first-order chi connectivity index (χ1) is 9.30. The van der Waals surface area contributed by atoms with Crippen LogP contribution < -0.4 is 10.5 Å². The molecule has 1 aromatic rings. The van der Waals surface area contributed by atoms with Crippen molar-refractivity contribution < 1.29 is 9.47 Å². The van der Waals surface area contributed by atoms with Gasteiger partial charge in [0.1, 0.15) is 5.75 Å². The summed E-state index contributed by atoms with van der Waals surface area (Å²) >= 11 is 0. The second-order valence-corrected chi connectivity index (χ2v) is 4.91. The number of benzene rings is 1. The van der Waals surface area contributed by atoms with E-state index in [4.69, 9.17) is 15.2 Å². The van der Waals surface area contributed by atoms with Gasteiger partial charge in [0, 0.05) is 13.2 Å². The van der Waals surface area contributed by atoms with Gasteiger partial charge in [0.05, 0.1) is 7.11 Å². The number of rotatable bonds is 10. The number of nitrogens with two attached hydrogens (primary N) is 1. The lowest BCUT2D eigenvalue weighted by Crippen LogP contribution is -2.19. The molecule has 19 heavy (non-hydrogen) atoms. The molecule has 1 atom stereocenters. The Bertz CT molecular complexity index is 324. The fourth-order valence-electron chi connectivity index (χ4n) is 2.00. The molecule has 1 aromatic carbocycles. The van der Waals surface area contributed by atoms with E-state index in [0.29, 0.717) is 12.5 Å². The summed E-state index contributed by atoms with van der Waals surface area (Å²) in [6, 6.07) is 8.22. The molecule has 1 unspecified atom stereocenters. The van der Waals surface area contributed by atoms with Crippen molar-refractivity contribution >= 4 is 0 Å². The highest BCUT2D eigenvalue weighted by Gasteiger charge is 2.08. The third-order valence-electron chi connectivity index (χ3n) is 3.33. The minimum absolute atomic E-state index is 0.495. The zero-order valence-electron chi connectivity index (χ0n) is 12.2. The van der Waals surface area contributed by atoms with Crippen molar-refractivity contribution in [2.24, 2.45) is 11.7 Å². The molecule has 0 aliphatic carbocycles. The van der Waals surface area contributed by atoms with Gasteiger partial charge in [-0.15, -0.1) is 0 Å². The van der Waals surface area contributed by atoms with Crippen LogP contribution in [0.1, 0.15) is 31.7 Å². The largest absolute Gasteiger partial charge is 0.497 e. The Kier molecular flexibility index (Phi) is 8.26. The Morgan fingerprint density at radius 3 is 2.47 bits per heavy atom. The Balaban J connectivity index is 2.30. The highest BCUT2D eigenvalue weighted by atomic mass is 16.5. The summed E-state index contributed by atoms with van der Waals surface area (Å²) < 4.78 is 10.8. The quantitative estimate of drug-likeness (QED) is 0.661. The van der Waals surface area contributed by atoms with E-state index in [1.54, 1.807) is 7.11 Å². The molecule has 0 fully saturated rings. The van der Waals surface area contributed by atoms with Crippen molar-refractivity contribution in [3.8, 4) is 5.75 Å². The van der Waals surface area contributed by atoms with Crippen molar-refractivity contribution in [3.05, 3.63) is 29.8 Å². The summed E-state index contributed by atoms with van der Waals surface area (Å²) in [5.74, 6) is 1.39. The van der Waals surface area contributed by atoms with E-state index < -0.39 is 0 Å². The normalized spacial score (nSPS) is 12.4. The monoisotopic (exact) mass is 265 g/mol. The molecule has 0 saturated heterocycles. The summed E-state index contributed by atoms with van der Waals surface area (Å²) in [5, 5.41) is 0. The van der Waals surface area contributed by atoms with E-state index in [9.17, 15) is 0 Å². The smallest absolute Gasteiger partial charge is 0.118 e. The fourth-order valence-corrected chi connectivity index (χ4v) is 2.00. The second kappa shape index (κ2) is 9.82. The standard InChI is InChI=1S/C16H27NO2/c1-3-4-10-19-11-9-15(13-17)12-14-5-7-16(18-2)8-6-14/h5-8,15H,3-4,9-13,17H2,1-2H3. The maximum atomic E-state index is 5.84. The van der Waals surface area contributed by atoms with Crippen molar-refractivity contribution in [1.29, 1.82) is 0 Å². The molecule has 0 heterocycles. The first-order valence-corrected chi connectivity index (χ1v) is 7.20. The third-order valence-corrected chi connectivity index (χ3v) is 3.33. The predicted molar refractivity (Wildman–Crippen MR) is 79.6 cm³/mol. The number of hydrogen-bond acceptors (Lipinski definition) is 3. The maximum Gasteiger partial charge on any atom is 0.118 e. The van der Waals surface area contributed by atoms with Gasteiger partial charge in [-0.1, -0.05) is 25.5 Å². The summed E-state index contributed by atoms with van der Waals surface area (Å²) in [4.78, 5) is 0. The van der Waals surface area contributed by atoms with E-state index >= 15 is 0 Å². The molecular formula is C16H27NO2. The lowest BCUT2D eigenvalue weighted by Gasteiger charge is -2.15. The van der Waals surface area contributed by atoms with Gasteiger partial charge in [-0.2, -0.15) is 0 Å². The van der Waals surface area contributed by atoms with Crippen LogP contribution in [-0.4, -0.2) is 26.9 Å². The summed E-state index contributed by atoms with van der Waals surface area (Å²) in [7, 11) is 1.69. The van der Waals surface area contributed by atoms with Gasteiger partial charge in [-0.05, 0) is 49.4 Å². The predicted octanol–water partition coefficient (Wildman–Crippen LogP) is 3.02. The Hall–Kier alpha value is -1.06. The molecule has 0 spiro atoms. The van der Waals surface area contributed by atoms with Gasteiger partial charge in [0.15, 0.2) is 0 Å². The van der Waals surface area contributed by atoms with Gasteiger partial charge in [0.2, 0.25) is 0 Å². The van der Waals surface area contributed by atoms with Crippen molar-refractivity contribution in [2.75, 3.05) is 26.9 Å². The Labute approximate surface area is 117 Å². The second-order valence-electron chi connectivity index (χ2n) is 4.91. The topological polar surface area (TPSA) is 44.5 Å². The molecule has 0 bridgehead atoms. The van der Waals surface area contributed by atoms with Crippen LogP contribution >= 0.6 is 0 Å². The average Bonchev–Trinajstić information content (AvgIpc) is 2.46. The van der Waals surface area contributed by atoms with E-state index in [-0.39, 0.29) is 0 Å². The van der Waals surface area contributed by atoms with Crippen molar-refractivity contribution in [2.45, 2.75) is 32.6 Å². The van der Waals surface area contributed by atoms with E-state index in [0.717, 1.165) is 38.2 Å². The molecule has 2 N–H and O–H groups in total. The molecule has 0 saturated carbocycles. The van der Waals surface area contributed by atoms with Crippen molar-refractivity contribution in [1.82, 2.24) is 0 Å². The van der Waals surface area contributed by atoms with Crippen LogP contribution in [0.3, 0.4) is 0 Å². The van der Waals surface area contributed by atoms with Crippen LogP contribution in [0.2, 0.25) is 0 Å². The van der Waals surface area contributed by atoms with E-state index in [1.165, 1.54) is 12.0 Å². The Morgan fingerprint density at radius 1 is 1.16 bits per heavy atom. The SMILES string of the molecule is CCCCOCCC(CN)Cc1ccc(OC)cc1. The molecule has 3 nitrogen and oxygen atoms in total. The zero-order chi connectivity index (χ0) is 13.9. The number of ether oxygens (including phenoxy) is 2. The Morgan fingerprint density at radius 2 is 1.89 bits per heavy atom. The van der Waals surface area contributed by atoms with Gasteiger partial charge in [-0.25, -0.2) is 0 Å². The maximum absolute atomic E-state index is 5.84. The molecule has 108 valence electrons. The number of methoxy groups -OCH3 is 1. The average molecular weight is 265 g/mol. The first-order valence-electron chi connectivity index (χ1n) is 7.20. The van der Waals surface area contributed by atoms with Gasteiger partial charge in [0.25, 0.3) is 0 Å². The van der Waals surface area contributed by atoms with Crippen LogP contribution in [0.5, 0.6) is 5.75 Å². The summed E-state index contributed by atoms with van der Waals surface area (Å²) in [6.07, 6.45) is 4.38. The van der Waals surface area contributed by atoms with Crippen molar-refractivity contribution in [3.63, 3.8) is 0 Å².